The van der Waals surface area contributed by atoms with Crippen LogP contribution in [0.5, 0.6) is 5.75 Å². The molecule has 4 aromatic rings. The fourth-order valence-electron chi connectivity index (χ4n) is 3.79. The number of hydrogen-bond acceptors (Lipinski definition) is 3. The highest BCUT2D eigenvalue weighted by atomic mass is 32.2. The number of thioether (sulfide) groups is 1. The van der Waals surface area contributed by atoms with Crippen molar-refractivity contribution in [2.75, 3.05) is 17.7 Å². The molecular weight excluding hydrogens is 416 g/mol. The molecule has 1 amide bonds. The summed E-state index contributed by atoms with van der Waals surface area (Å²) in [6, 6.07) is 22.5. The second-order valence-electron chi connectivity index (χ2n) is 7.83. The zero-order valence-corrected chi connectivity index (χ0v) is 19.5. The molecule has 5 heteroatoms. The predicted octanol–water partition coefficient (Wildman–Crippen LogP) is 6.44. The van der Waals surface area contributed by atoms with Gasteiger partial charge >= 0.3 is 0 Å². The topological polar surface area (TPSA) is 43.3 Å². The van der Waals surface area contributed by atoms with Crippen molar-refractivity contribution in [3.63, 3.8) is 0 Å². The van der Waals surface area contributed by atoms with Crippen LogP contribution in [-0.4, -0.2) is 22.8 Å². The normalized spacial score (nSPS) is 11.0. The van der Waals surface area contributed by atoms with E-state index in [0.717, 1.165) is 11.4 Å². The first-order valence-electron chi connectivity index (χ1n) is 10.8. The maximum absolute atomic E-state index is 12.7. The van der Waals surface area contributed by atoms with E-state index in [1.54, 1.807) is 11.8 Å². The van der Waals surface area contributed by atoms with Gasteiger partial charge in [-0.1, -0.05) is 54.1 Å². The molecule has 164 valence electrons. The molecule has 0 bridgehead atoms. The Balaban J connectivity index is 1.51. The first kappa shape index (κ1) is 22.0. The highest BCUT2D eigenvalue weighted by molar-refractivity contribution is 8.00. The van der Waals surface area contributed by atoms with Crippen LogP contribution in [0.1, 0.15) is 23.6 Å². The summed E-state index contributed by atoms with van der Waals surface area (Å²) < 4.78 is 7.89. The Labute approximate surface area is 193 Å². The number of ether oxygens (including phenoxy) is 1. The molecule has 1 N–H and O–H groups in total. The van der Waals surface area contributed by atoms with Crippen LogP contribution in [-0.2, 0) is 11.3 Å². The van der Waals surface area contributed by atoms with Gasteiger partial charge in [-0.25, -0.2) is 0 Å². The Morgan fingerprint density at radius 3 is 2.66 bits per heavy atom. The molecule has 0 aliphatic rings. The average molecular weight is 445 g/mol. The second-order valence-corrected chi connectivity index (χ2v) is 8.85. The van der Waals surface area contributed by atoms with Gasteiger partial charge in [0.05, 0.1) is 18.0 Å². The number of nitrogens with one attached hydrogen (secondary N) is 1. The predicted molar refractivity (Wildman–Crippen MR) is 134 cm³/mol. The molecule has 0 aliphatic heterocycles. The van der Waals surface area contributed by atoms with E-state index in [4.69, 9.17) is 4.74 Å². The summed E-state index contributed by atoms with van der Waals surface area (Å²) >= 11 is 1.56. The molecule has 32 heavy (non-hydrogen) atoms. The molecule has 3 aromatic carbocycles. The van der Waals surface area contributed by atoms with Crippen LogP contribution >= 0.6 is 11.8 Å². The molecule has 1 heterocycles. The maximum Gasteiger partial charge on any atom is 0.234 e. The number of carbonyl (C=O) groups excluding carboxylic acids is 1. The van der Waals surface area contributed by atoms with Crippen LogP contribution in [0.2, 0.25) is 0 Å². The van der Waals surface area contributed by atoms with Crippen LogP contribution in [0.4, 0.5) is 5.69 Å². The van der Waals surface area contributed by atoms with Crippen molar-refractivity contribution in [3.05, 3.63) is 89.6 Å². The van der Waals surface area contributed by atoms with Crippen LogP contribution in [0.3, 0.4) is 0 Å². The average Bonchev–Trinajstić information content (AvgIpc) is 3.14. The molecule has 0 unspecified atom stereocenters. The van der Waals surface area contributed by atoms with Gasteiger partial charge < -0.3 is 14.6 Å². The van der Waals surface area contributed by atoms with Crippen LogP contribution in [0.15, 0.2) is 77.8 Å². The number of para-hydroxylation sites is 3. The first-order chi connectivity index (χ1) is 15.5. The largest absolute Gasteiger partial charge is 0.492 e. The minimum absolute atomic E-state index is 0.0477. The summed E-state index contributed by atoms with van der Waals surface area (Å²) in [6.07, 6.45) is 2.17. The van der Waals surface area contributed by atoms with Crippen molar-refractivity contribution in [1.82, 2.24) is 4.57 Å². The fourth-order valence-corrected chi connectivity index (χ4v) is 4.68. The monoisotopic (exact) mass is 444 g/mol. The van der Waals surface area contributed by atoms with Gasteiger partial charge in [0.1, 0.15) is 5.75 Å². The summed E-state index contributed by atoms with van der Waals surface area (Å²) in [6.45, 7) is 7.58. The molecule has 0 fully saturated rings. The van der Waals surface area contributed by atoms with Crippen molar-refractivity contribution >= 4 is 34.3 Å². The molecule has 0 saturated heterocycles. The quantitative estimate of drug-likeness (QED) is 0.318. The number of anilines is 1. The van der Waals surface area contributed by atoms with Gasteiger partial charge in [0.15, 0.2) is 0 Å². The van der Waals surface area contributed by atoms with Crippen molar-refractivity contribution in [1.29, 1.82) is 0 Å². The van der Waals surface area contributed by atoms with Crippen LogP contribution < -0.4 is 10.1 Å². The van der Waals surface area contributed by atoms with Gasteiger partial charge in [0, 0.05) is 28.5 Å². The van der Waals surface area contributed by atoms with E-state index in [1.165, 1.54) is 27.6 Å². The summed E-state index contributed by atoms with van der Waals surface area (Å²) in [5, 5.41) is 4.15. The van der Waals surface area contributed by atoms with E-state index in [1.807, 2.05) is 37.3 Å². The zero-order chi connectivity index (χ0) is 22.5. The number of carbonyl (C=O) groups is 1. The van der Waals surface area contributed by atoms with Crippen molar-refractivity contribution in [3.8, 4) is 5.75 Å². The van der Waals surface area contributed by atoms with E-state index in [-0.39, 0.29) is 5.91 Å². The lowest BCUT2D eigenvalue weighted by molar-refractivity contribution is -0.113. The van der Waals surface area contributed by atoms with Gasteiger partial charge in [-0.2, -0.15) is 0 Å². The Morgan fingerprint density at radius 1 is 1.03 bits per heavy atom. The molecule has 1 aromatic heterocycles. The van der Waals surface area contributed by atoms with Gasteiger partial charge in [-0.15, -0.1) is 11.8 Å². The molecule has 0 spiro atoms. The Hall–Kier alpha value is -3.18. The standard InChI is InChI=1S/C27H28N2O2S/c1-4-31-25-12-8-6-10-23(25)28-27(30)18-32-26-17-29(24-11-7-5-9-22(24)26)16-21-15-19(2)13-14-20(21)3/h5-15,17H,4,16,18H2,1-3H3,(H,28,30). The van der Waals surface area contributed by atoms with E-state index in [0.29, 0.717) is 23.8 Å². The summed E-state index contributed by atoms with van der Waals surface area (Å²) in [5.74, 6) is 0.977. The Kier molecular flexibility index (Phi) is 6.86. The number of aromatic nitrogens is 1. The fraction of sp³-hybridized carbons (Fsp3) is 0.222. The highest BCUT2D eigenvalue weighted by Crippen LogP contribution is 2.31. The number of amides is 1. The van der Waals surface area contributed by atoms with Crippen molar-refractivity contribution in [2.24, 2.45) is 0 Å². The third kappa shape index (κ3) is 5.00. The third-order valence-electron chi connectivity index (χ3n) is 5.42. The lowest BCUT2D eigenvalue weighted by Gasteiger charge is -2.11. The third-order valence-corrected chi connectivity index (χ3v) is 6.46. The van der Waals surface area contributed by atoms with Crippen LogP contribution in [0.25, 0.3) is 10.9 Å². The minimum atomic E-state index is -0.0477. The van der Waals surface area contributed by atoms with Gasteiger partial charge in [0.25, 0.3) is 0 Å². The van der Waals surface area contributed by atoms with E-state index in [9.17, 15) is 4.79 Å². The summed E-state index contributed by atoms with van der Waals surface area (Å²) in [4.78, 5) is 13.8. The number of fused-ring (bicyclic) bond motifs is 1. The van der Waals surface area contributed by atoms with E-state index in [2.05, 4.69) is 66.3 Å². The van der Waals surface area contributed by atoms with Gasteiger partial charge in [0.2, 0.25) is 5.91 Å². The minimum Gasteiger partial charge on any atom is -0.492 e. The number of nitrogens with zero attached hydrogens (tertiary/aromatic N) is 1. The second kappa shape index (κ2) is 9.96. The summed E-state index contributed by atoms with van der Waals surface area (Å²) in [7, 11) is 0. The Morgan fingerprint density at radius 2 is 1.81 bits per heavy atom. The zero-order valence-electron chi connectivity index (χ0n) is 18.7. The van der Waals surface area contributed by atoms with Crippen molar-refractivity contribution < 1.29 is 9.53 Å². The first-order valence-corrected chi connectivity index (χ1v) is 11.8. The smallest absolute Gasteiger partial charge is 0.234 e. The summed E-state index contributed by atoms with van der Waals surface area (Å²) in [5.41, 5.74) is 5.75. The van der Waals surface area contributed by atoms with E-state index < -0.39 is 0 Å². The molecule has 0 saturated carbocycles. The number of rotatable bonds is 8. The van der Waals surface area contributed by atoms with Gasteiger partial charge in [-0.05, 0) is 50.1 Å². The van der Waals surface area contributed by atoms with E-state index >= 15 is 0 Å². The van der Waals surface area contributed by atoms with Crippen molar-refractivity contribution in [2.45, 2.75) is 32.2 Å². The number of benzene rings is 3. The molecule has 4 nitrogen and oxygen atoms in total. The molecule has 0 aliphatic carbocycles. The molecule has 0 radical (unpaired) electrons. The van der Waals surface area contributed by atoms with Crippen LogP contribution in [0, 0.1) is 13.8 Å². The van der Waals surface area contributed by atoms with Gasteiger partial charge in [-0.3, -0.25) is 4.79 Å². The SMILES string of the molecule is CCOc1ccccc1NC(=O)CSc1cn(Cc2cc(C)ccc2C)c2ccccc12. The number of hydrogen-bond donors (Lipinski definition) is 1. The molecular formula is C27H28N2O2S. The molecule has 0 atom stereocenters. The lowest BCUT2D eigenvalue weighted by atomic mass is 10.1. The molecule has 4 rings (SSSR count). The number of aryl methyl sites for hydroxylation is 2. The lowest BCUT2D eigenvalue weighted by Crippen LogP contribution is -2.14. The maximum atomic E-state index is 12.7. The highest BCUT2D eigenvalue weighted by Gasteiger charge is 2.13. The Bertz CT molecular complexity index is 1250.